The number of hydrogen-bond acceptors (Lipinski definition) is 5. The van der Waals surface area contributed by atoms with Crippen LogP contribution in [0.1, 0.15) is 59.3 Å². The number of carbonyl (C=O) groups excluding carboxylic acids is 2. The first-order valence-electron chi connectivity index (χ1n) is 9.39. The third-order valence-corrected chi connectivity index (χ3v) is 7.34. The lowest BCUT2D eigenvalue weighted by Gasteiger charge is -2.22. The molecule has 1 aromatic carbocycles. The molecule has 1 amide bonds. The van der Waals surface area contributed by atoms with Crippen LogP contribution < -0.4 is 5.32 Å². The van der Waals surface area contributed by atoms with E-state index in [0.29, 0.717) is 33.5 Å². The van der Waals surface area contributed by atoms with Crippen molar-refractivity contribution in [2.45, 2.75) is 46.1 Å². The van der Waals surface area contributed by atoms with E-state index >= 15 is 0 Å². The molecular formula is C23H23Cl3N2O3S. The van der Waals surface area contributed by atoms with Gasteiger partial charge in [-0.05, 0) is 37.6 Å². The van der Waals surface area contributed by atoms with Crippen LogP contribution in [-0.2, 0) is 15.2 Å². The molecule has 0 saturated heterocycles. The summed E-state index contributed by atoms with van der Waals surface area (Å²) in [6, 6.07) is 5.31. The van der Waals surface area contributed by atoms with Crippen molar-refractivity contribution in [3.8, 4) is 12.3 Å². The standard InChI is InChI=1S/C22H19Cl3N2O3S.CH4/c1-4-5-6-14(28)11-26-21(29)20-12(2)7-18(31-20)17-10-22(3,30-27-17)13-8-15(23)19(25)16(24)9-13;/h1,7-9H,5-6,10-11H2,2-3H3,(H,26,29);1H4. The summed E-state index contributed by atoms with van der Waals surface area (Å²) in [5, 5.41) is 7.86. The molecule has 9 heteroatoms. The number of carbonyl (C=O) groups is 2. The molecular weight excluding hydrogens is 491 g/mol. The second kappa shape index (κ2) is 10.7. The van der Waals surface area contributed by atoms with Crippen LogP contribution in [0, 0.1) is 19.3 Å². The van der Waals surface area contributed by atoms with E-state index in [1.807, 2.05) is 19.9 Å². The Hall–Kier alpha value is -2.04. The fourth-order valence-corrected chi connectivity index (χ4v) is 4.76. The van der Waals surface area contributed by atoms with Gasteiger partial charge in [0, 0.05) is 24.8 Å². The predicted octanol–water partition coefficient (Wildman–Crippen LogP) is 6.40. The van der Waals surface area contributed by atoms with E-state index in [1.54, 1.807) is 12.1 Å². The summed E-state index contributed by atoms with van der Waals surface area (Å²) in [6.45, 7) is 3.67. The molecule has 0 saturated carbocycles. The molecule has 1 N–H and O–H groups in total. The normalized spacial score (nSPS) is 17.1. The lowest BCUT2D eigenvalue weighted by atomic mass is 9.90. The van der Waals surface area contributed by atoms with Crippen molar-refractivity contribution in [1.29, 1.82) is 0 Å². The number of thiophene rings is 1. The Balaban J connectivity index is 0.00000363. The zero-order valence-corrected chi connectivity index (χ0v) is 19.9. The average molecular weight is 514 g/mol. The number of terminal acetylenes is 1. The summed E-state index contributed by atoms with van der Waals surface area (Å²) < 4.78 is 0. The minimum absolute atomic E-state index is 0. The predicted molar refractivity (Wildman–Crippen MR) is 132 cm³/mol. The first-order chi connectivity index (χ1) is 14.6. The summed E-state index contributed by atoms with van der Waals surface area (Å²) in [7, 11) is 0. The van der Waals surface area contributed by atoms with Crippen molar-refractivity contribution in [2.24, 2.45) is 5.16 Å². The van der Waals surface area contributed by atoms with Crippen LogP contribution in [0.25, 0.3) is 0 Å². The zero-order chi connectivity index (χ0) is 22.8. The van der Waals surface area contributed by atoms with E-state index < -0.39 is 5.60 Å². The molecule has 170 valence electrons. The molecule has 2 aromatic rings. The van der Waals surface area contributed by atoms with Gasteiger partial charge in [0.2, 0.25) is 0 Å². The van der Waals surface area contributed by atoms with Gasteiger partial charge in [-0.25, -0.2) is 0 Å². The molecule has 2 heterocycles. The maximum Gasteiger partial charge on any atom is 0.262 e. The van der Waals surface area contributed by atoms with Crippen molar-refractivity contribution in [3.63, 3.8) is 0 Å². The first-order valence-corrected chi connectivity index (χ1v) is 11.3. The van der Waals surface area contributed by atoms with Gasteiger partial charge in [-0.15, -0.1) is 23.7 Å². The number of aryl methyl sites for hydroxylation is 1. The number of nitrogens with one attached hydrogen (secondary N) is 1. The number of Topliss-reactive ketones (excluding diaryl/α,β-unsaturated/α-hetero) is 1. The highest BCUT2D eigenvalue weighted by atomic mass is 35.5. The van der Waals surface area contributed by atoms with Gasteiger partial charge in [0.1, 0.15) is 5.71 Å². The Morgan fingerprint density at radius 2 is 1.94 bits per heavy atom. The molecule has 0 bridgehead atoms. The second-order valence-corrected chi connectivity index (χ2v) is 9.58. The van der Waals surface area contributed by atoms with Gasteiger partial charge < -0.3 is 10.2 Å². The number of ketones is 1. The number of oxime groups is 1. The van der Waals surface area contributed by atoms with Crippen molar-refractivity contribution in [2.75, 3.05) is 6.54 Å². The molecule has 0 fully saturated rings. The van der Waals surface area contributed by atoms with Crippen molar-refractivity contribution in [1.82, 2.24) is 5.32 Å². The molecule has 0 radical (unpaired) electrons. The molecule has 32 heavy (non-hydrogen) atoms. The number of benzene rings is 1. The first kappa shape index (κ1) is 26.2. The highest BCUT2D eigenvalue weighted by Gasteiger charge is 2.38. The Morgan fingerprint density at radius 3 is 2.56 bits per heavy atom. The minimum Gasteiger partial charge on any atom is -0.384 e. The Kier molecular flexibility index (Phi) is 8.78. The number of halogens is 3. The van der Waals surface area contributed by atoms with Crippen molar-refractivity contribution < 1.29 is 14.4 Å². The fourth-order valence-electron chi connectivity index (χ4n) is 3.10. The van der Waals surface area contributed by atoms with Crippen LogP contribution in [0.5, 0.6) is 0 Å². The molecule has 1 aromatic heterocycles. The molecule has 5 nitrogen and oxygen atoms in total. The average Bonchev–Trinajstić information content (AvgIpc) is 3.32. The second-order valence-electron chi connectivity index (χ2n) is 7.34. The van der Waals surface area contributed by atoms with Crippen LogP contribution in [0.4, 0.5) is 0 Å². The Bertz CT molecular complexity index is 1100. The molecule has 1 aliphatic heterocycles. The summed E-state index contributed by atoms with van der Waals surface area (Å²) >= 11 is 19.7. The monoisotopic (exact) mass is 512 g/mol. The van der Waals surface area contributed by atoms with Gasteiger partial charge in [-0.3, -0.25) is 9.59 Å². The Morgan fingerprint density at radius 1 is 1.28 bits per heavy atom. The van der Waals surface area contributed by atoms with Gasteiger partial charge in [0.25, 0.3) is 5.91 Å². The zero-order valence-electron chi connectivity index (χ0n) is 16.9. The van der Waals surface area contributed by atoms with Crippen molar-refractivity contribution in [3.05, 3.63) is 54.1 Å². The summed E-state index contributed by atoms with van der Waals surface area (Å²) in [6.07, 6.45) is 6.23. The maximum absolute atomic E-state index is 12.5. The number of amides is 1. The highest BCUT2D eigenvalue weighted by Crippen LogP contribution is 2.41. The van der Waals surface area contributed by atoms with E-state index in [0.717, 1.165) is 16.0 Å². The lowest BCUT2D eigenvalue weighted by molar-refractivity contribution is -0.118. The topological polar surface area (TPSA) is 67.8 Å². The Labute approximate surface area is 207 Å². The fraction of sp³-hybridized carbons (Fsp3) is 0.348. The van der Waals surface area contributed by atoms with Crippen molar-refractivity contribution >= 4 is 63.5 Å². The maximum atomic E-state index is 12.5. The number of rotatable bonds is 7. The lowest BCUT2D eigenvalue weighted by Crippen LogP contribution is -2.29. The summed E-state index contributed by atoms with van der Waals surface area (Å²) in [5.74, 6) is 2.00. The molecule has 1 unspecified atom stereocenters. The van der Waals surface area contributed by atoms with Gasteiger partial charge in [-0.1, -0.05) is 47.4 Å². The smallest absolute Gasteiger partial charge is 0.262 e. The van der Waals surface area contributed by atoms with Gasteiger partial charge in [0.05, 0.1) is 31.4 Å². The van der Waals surface area contributed by atoms with E-state index in [9.17, 15) is 9.59 Å². The molecule has 0 spiro atoms. The largest absolute Gasteiger partial charge is 0.384 e. The van der Waals surface area contributed by atoms with Gasteiger partial charge in [-0.2, -0.15) is 0 Å². The van der Waals surface area contributed by atoms with E-state index in [4.69, 9.17) is 46.1 Å². The van der Waals surface area contributed by atoms with Crippen LogP contribution in [0.15, 0.2) is 23.4 Å². The number of hydrogen-bond donors (Lipinski definition) is 1. The SMILES string of the molecule is C.C#CCCC(=O)CNC(=O)c1sc(C2=NOC(C)(c3cc(Cl)c(Cl)c(Cl)c3)C2)cc1C. The van der Waals surface area contributed by atoms with E-state index in [1.165, 1.54) is 11.3 Å². The van der Waals surface area contributed by atoms with E-state index in [2.05, 4.69) is 16.4 Å². The third kappa shape index (κ3) is 5.65. The van der Waals surface area contributed by atoms with Gasteiger partial charge >= 0.3 is 0 Å². The van der Waals surface area contributed by atoms with Crippen LogP contribution >= 0.6 is 46.1 Å². The molecule has 1 atom stereocenters. The number of nitrogens with zero attached hydrogens (tertiary/aromatic N) is 1. The summed E-state index contributed by atoms with van der Waals surface area (Å²) in [5.41, 5.74) is 1.49. The quantitative estimate of drug-likeness (QED) is 0.344. The van der Waals surface area contributed by atoms with E-state index in [-0.39, 0.29) is 37.1 Å². The third-order valence-electron chi connectivity index (χ3n) is 4.86. The molecule has 1 aliphatic rings. The molecule has 0 aliphatic carbocycles. The van der Waals surface area contributed by atoms with Gasteiger partial charge in [0.15, 0.2) is 11.4 Å². The minimum atomic E-state index is -0.767. The molecule has 3 rings (SSSR count). The van der Waals surface area contributed by atoms with Crippen LogP contribution in [0.3, 0.4) is 0 Å². The highest BCUT2D eigenvalue weighted by molar-refractivity contribution is 7.16. The summed E-state index contributed by atoms with van der Waals surface area (Å²) in [4.78, 5) is 31.3. The van der Waals surface area contributed by atoms with Crippen LogP contribution in [-0.4, -0.2) is 23.9 Å². The van der Waals surface area contributed by atoms with Crippen LogP contribution in [0.2, 0.25) is 15.1 Å².